The third-order valence-corrected chi connectivity index (χ3v) is 4.60. The van der Waals surface area contributed by atoms with Crippen molar-refractivity contribution in [2.75, 3.05) is 37.8 Å². The Morgan fingerprint density at radius 1 is 1.37 bits per heavy atom. The van der Waals surface area contributed by atoms with Crippen LogP contribution in [0.4, 0.5) is 16.4 Å². The number of piperidine rings is 1. The molecule has 1 saturated heterocycles. The van der Waals surface area contributed by atoms with Gasteiger partial charge in [-0.05, 0) is 64.5 Å². The zero-order valence-electron chi connectivity index (χ0n) is 17.1. The molecule has 0 saturated carbocycles. The summed E-state index contributed by atoms with van der Waals surface area (Å²) in [6.07, 6.45) is 5.29. The van der Waals surface area contributed by atoms with E-state index in [4.69, 9.17) is 15.2 Å². The molecular formula is C20H34N4O3. The fourth-order valence-electron chi connectivity index (χ4n) is 3.31. The first kappa shape index (κ1) is 21.1. The summed E-state index contributed by atoms with van der Waals surface area (Å²) >= 11 is 0. The summed E-state index contributed by atoms with van der Waals surface area (Å²) in [7, 11) is 1.62. The van der Waals surface area contributed by atoms with E-state index in [0.717, 1.165) is 45.3 Å². The van der Waals surface area contributed by atoms with Gasteiger partial charge in [-0.2, -0.15) is 0 Å². The second-order valence-electron chi connectivity index (χ2n) is 8.14. The molecule has 1 atom stereocenters. The summed E-state index contributed by atoms with van der Waals surface area (Å²) in [5, 5.41) is 3.29. The van der Waals surface area contributed by atoms with Gasteiger partial charge in [0.05, 0.1) is 7.11 Å². The molecule has 0 spiro atoms. The third kappa shape index (κ3) is 7.15. The van der Waals surface area contributed by atoms with Crippen LogP contribution in [0.5, 0.6) is 5.75 Å². The van der Waals surface area contributed by atoms with Gasteiger partial charge in [-0.25, -0.2) is 9.78 Å². The number of amides is 1. The summed E-state index contributed by atoms with van der Waals surface area (Å²) in [6.45, 7) is 8.13. The van der Waals surface area contributed by atoms with Crippen molar-refractivity contribution in [2.45, 2.75) is 58.5 Å². The Hall–Kier alpha value is -2.18. The van der Waals surface area contributed by atoms with Crippen molar-refractivity contribution in [1.29, 1.82) is 0 Å². The third-order valence-electron chi connectivity index (χ3n) is 4.60. The first-order valence-electron chi connectivity index (χ1n) is 9.81. The smallest absolute Gasteiger partial charge is 0.410 e. The number of rotatable bonds is 7. The molecule has 1 aromatic rings. The molecule has 1 aliphatic rings. The van der Waals surface area contributed by atoms with Gasteiger partial charge in [0, 0.05) is 19.6 Å². The number of likely N-dealkylation sites (tertiary alicyclic amines) is 1. The van der Waals surface area contributed by atoms with E-state index in [2.05, 4.69) is 10.3 Å². The zero-order valence-corrected chi connectivity index (χ0v) is 17.1. The van der Waals surface area contributed by atoms with Gasteiger partial charge >= 0.3 is 6.09 Å². The second kappa shape index (κ2) is 9.67. The number of aromatic nitrogens is 1. The summed E-state index contributed by atoms with van der Waals surface area (Å²) in [5.74, 6) is 2.41. The van der Waals surface area contributed by atoms with Gasteiger partial charge in [0.1, 0.15) is 11.4 Å². The fraction of sp³-hybridized carbons (Fsp3) is 0.700. The van der Waals surface area contributed by atoms with Crippen LogP contribution in [0.15, 0.2) is 12.1 Å². The van der Waals surface area contributed by atoms with Gasteiger partial charge in [-0.15, -0.1) is 0 Å². The molecule has 1 fully saturated rings. The van der Waals surface area contributed by atoms with E-state index in [1.807, 2.05) is 31.7 Å². The lowest BCUT2D eigenvalue weighted by Gasteiger charge is -2.34. The number of unbranched alkanes of at least 4 members (excludes halogenated alkanes) is 1. The van der Waals surface area contributed by atoms with E-state index in [-0.39, 0.29) is 6.09 Å². The van der Waals surface area contributed by atoms with Gasteiger partial charge in [-0.3, -0.25) is 0 Å². The van der Waals surface area contributed by atoms with E-state index in [9.17, 15) is 4.79 Å². The Kier molecular flexibility index (Phi) is 7.56. The number of anilines is 2. The highest BCUT2D eigenvalue weighted by molar-refractivity contribution is 5.68. The predicted molar refractivity (Wildman–Crippen MR) is 108 cm³/mol. The van der Waals surface area contributed by atoms with Crippen molar-refractivity contribution < 1.29 is 14.3 Å². The van der Waals surface area contributed by atoms with Crippen LogP contribution in [0.1, 0.15) is 52.9 Å². The summed E-state index contributed by atoms with van der Waals surface area (Å²) < 4.78 is 10.8. The number of nitrogen functional groups attached to an aromatic ring is 1. The van der Waals surface area contributed by atoms with Crippen LogP contribution in [0.25, 0.3) is 0 Å². The highest BCUT2D eigenvalue weighted by Crippen LogP contribution is 2.25. The lowest BCUT2D eigenvalue weighted by Crippen LogP contribution is -2.42. The monoisotopic (exact) mass is 378 g/mol. The number of nitrogens with two attached hydrogens (primary N) is 1. The molecule has 1 amide bonds. The Labute approximate surface area is 162 Å². The van der Waals surface area contributed by atoms with Crippen LogP contribution in [-0.2, 0) is 4.74 Å². The maximum atomic E-state index is 12.2. The molecule has 7 heteroatoms. The summed E-state index contributed by atoms with van der Waals surface area (Å²) in [5.41, 5.74) is 5.30. The Morgan fingerprint density at radius 3 is 2.85 bits per heavy atom. The van der Waals surface area contributed by atoms with E-state index < -0.39 is 5.60 Å². The normalized spacial score (nSPS) is 17.5. The van der Waals surface area contributed by atoms with Crippen LogP contribution < -0.4 is 15.8 Å². The zero-order chi connectivity index (χ0) is 19.9. The Morgan fingerprint density at radius 2 is 2.15 bits per heavy atom. The molecule has 0 aromatic carbocycles. The minimum atomic E-state index is -0.439. The van der Waals surface area contributed by atoms with Gasteiger partial charge in [0.15, 0.2) is 11.6 Å². The number of nitrogens with zero attached hydrogens (tertiary/aromatic N) is 2. The van der Waals surface area contributed by atoms with Crippen molar-refractivity contribution in [2.24, 2.45) is 5.92 Å². The van der Waals surface area contributed by atoms with Crippen LogP contribution in [0, 0.1) is 5.92 Å². The fourth-order valence-corrected chi connectivity index (χ4v) is 3.31. The molecule has 27 heavy (non-hydrogen) atoms. The highest BCUT2D eigenvalue weighted by atomic mass is 16.6. The lowest BCUT2D eigenvalue weighted by molar-refractivity contribution is 0.0160. The molecule has 0 radical (unpaired) electrons. The number of pyridine rings is 1. The van der Waals surface area contributed by atoms with Crippen LogP contribution in [-0.4, -0.2) is 48.3 Å². The molecule has 2 rings (SSSR count). The SMILES string of the molecule is COc1ccc(N)nc1NCCCCC1CCCN(C(=O)OC(C)(C)C)C1. The first-order chi connectivity index (χ1) is 12.8. The predicted octanol–water partition coefficient (Wildman–Crippen LogP) is 3.90. The van der Waals surface area contributed by atoms with E-state index in [0.29, 0.717) is 23.3 Å². The highest BCUT2D eigenvalue weighted by Gasteiger charge is 2.27. The number of methoxy groups -OCH3 is 1. The lowest BCUT2D eigenvalue weighted by atomic mass is 9.93. The molecule has 3 N–H and O–H groups in total. The van der Waals surface area contributed by atoms with Gasteiger partial charge < -0.3 is 25.4 Å². The maximum Gasteiger partial charge on any atom is 0.410 e. The van der Waals surface area contributed by atoms with Crippen molar-refractivity contribution in [3.05, 3.63) is 12.1 Å². The van der Waals surface area contributed by atoms with Gasteiger partial charge in [0.25, 0.3) is 0 Å². The molecule has 0 aliphatic carbocycles. The van der Waals surface area contributed by atoms with Crippen molar-refractivity contribution in [3.8, 4) is 5.75 Å². The Bertz CT molecular complexity index is 616. The Balaban J connectivity index is 1.70. The average Bonchev–Trinajstić information content (AvgIpc) is 2.60. The topological polar surface area (TPSA) is 89.7 Å². The van der Waals surface area contributed by atoms with Crippen LogP contribution in [0.3, 0.4) is 0 Å². The second-order valence-corrected chi connectivity index (χ2v) is 8.14. The number of hydrogen-bond donors (Lipinski definition) is 2. The van der Waals surface area contributed by atoms with Crippen LogP contribution in [0.2, 0.25) is 0 Å². The number of carbonyl (C=O) groups is 1. The minimum Gasteiger partial charge on any atom is -0.493 e. The quantitative estimate of drug-likeness (QED) is 0.699. The van der Waals surface area contributed by atoms with Crippen molar-refractivity contribution >= 4 is 17.7 Å². The molecule has 2 heterocycles. The van der Waals surface area contributed by atoms with Gasteiger partial charge in [-0.1, -0.05) is 6.42 Å². The molecular weight excluding hydrogens is 344 g/mol. The number of ether oxygens (including phenoxy) is 2. The molecule has 0 bridgehead atoms. The molecule has 7 nitrogen and oxygen atoms in total. The van der Waals surface area contributed by atoms with Crippen molar-refractivity contribution in [3.63, 3.8) is 0 Å². The number of nitrogens with one attached hydrogen (secondary N) is 1. The molecule has 1 aliphatic heterocycles. The number of hydrogen-bond acceptors (Lipinski definition) is 6. The maximum absolute atomic E-state index is 12.2. The van der Waals surface area contributed by atoms with Crippen LogP contribution >= 0.6 is 0 Å². The molecule has 1 aromatic heterocycles. The summed E-state index contributed by atoms with van der Waals surface area (Å²) in [4.78, 5) is 18.4. The number of carbonyl (C=O) groups excluding carboxylic acids is 1. The average molecular weight is 379 g/mol. The van der Waals surface area contributed by atoms with E-state index in [1.165, 1.54) is 6.42 Å². The van der Waals surface area contributed by atoms with E-state index >= 15 is 0 Å². The summed E-state index contributed by atoms with van der Waals surface area (Å²) in [6, 6.07) is 3.54. The molecule has 1 unspecified atom stereocenters. The van der Waals surface area contributed by atoms with E-state index in [1.54, 1.807) is 13.2 Å². The van der Waals surface area contributed by atoms with Crippen molar-refractivity contribution in [1.82, 2.24) is 9.88 Å². The largest absolute Gasteiger partial charge is 0.493 e. The standard InChI is InChI=1S/C20H34N4O3/c1-20(2,3)27-19(25)24-13-7-9-15(14-24)8-5-6-12-22-18-16(26-4)10-11-17(21)23-18/h10-11,15H,5-9,12-14H2,1-4H3,(H3,21,22,23). The van der Waals surface area contributed by atoms with Gasteiger partial charge in [0.2, 0.25) is 0 Å². The minimum absolute atomic E-state index is 0.186. The first-order valence-corrected chi connectivity index (χ1v) is 9.81. The molecule has 152 valence electrons.